The first kappa shape index (κ1) is 16.3. The molecule has 0 aromatic rings. The summed E-state index contributed by atoms with van der Waals surface area (Å²) >= 11 is 0. The van der Waals surface area contributed by atoms with Crippen LogP contribution in [0.15, 0.2) is 28.5 Å². The standard InChI is InChI=1S/C18H29NO2/c1-11-7-13(16(20)18(5,6)10-11)15-14(19-21)8-12(2)9-17(15,3)4/h7-8,13,15-16,20-21H,9-10H2,1-6H3/b19-14-/t13-,15+,16-/m0/s1. The largest absolute Gasteiger partial charge is 0.411 e. The van der Waals surface area contributed by atoms with Gasteiger partial charge in [0.15, 0.2) is 0 Å². The van der Waals surface area contributed by atoms with E-state index in [0.717, 1.165) is 12.8 Å². The summed E-state index contributed by atoms with van der Waals surface area (Å²) in [4.78, 5) is 0. The first-order valence-corrected chi connectivity index (χ1v) is 7.83. The van der Waals surface area contributed by atoms with Crippen LogP contribution in [0.5, 0.6) is 0 Å². The molecule has 21 heavy (non-hydrogen) atoms. The Morgan fingerprint density at radius 2 is 1.62 bits per heavy atom. The van der Waals surface area contributed by atoms with Gasteiger partial charge in [-0.05, 0) is 43.6 Å². The number of allylic oxidation sites excluding steroid dienone is 3. The molecule has 0 aromatic carbocycles. The van der Waals surface area contributed by atoms with Crippen molar-refractivity contribution in [2.75, 3.05) is 0 Å². The lowest BCUT2D eigenvalue weighted by Gasteiger charge is -2.48. The lowest BCUT2D eigenvalue weighted by atomic mass is 9.57. The van der Waals surface area contributed by atoms with Gasteiger partial charge in [0.1, 0.15) is 0 Å². The zero-order chi connectivity index (χ0) is 16.0. The summed E-state index contributed by atoms with van der Waals surface area (Å²) in [5.41, 5.74) is 3.07. The zero-order valence-corrected chi connectivity index (χ0v) is 14.1. The highest BCUT2D eigenvalue weighted by Gasteiger charge is 2.48. The Bertz CT molecular complexity index is 511. The van der Waals surface area contributed by atoms with Crippen LogP contribution in [0.25, 0.3) is 0 Å². The molecule has 3 atom stereocenters. The number of rotatable bonds is 1. The normalized spacial score (nSPS) is 37.1. The fraction of sp³-hybridized carbons (Fsp3) is 0.722. The van der Waals surface area contributed by atoms with E-state index in [1.165, 1.54) is 11.1 Å². The second-order valence-electron chi connectivity index (χ2n) is 8.36. The van der Waals surface area contributed by atoms with Crippen molar-refractivity contribution in [1.29, 1.82) is 0 Å². The van der Waals surface area contributed by atoms with Crippen molar-refractivity contribution in [1.82, 2.24) is 0 Å². The van der Waals surface area contributed by atoms with Gasteiger partial charge >= 0.3 is 0 Å². The van der Waals surface area contributed by atoms with E-state index in [0.29, 0.717) is 5.71 Å². The predicted molar refractivity (Wildman–Crippen MR) is 86.5 cm³/mol. The van der Waals surface area contributed by atoms with E-state index >= 15 is 0 Å². The topological polar surface area (TPSA) is 52.8 Å². The van der Waals surface area contributed by atoms with Crippen LogP contribution in [0, 0.1) is 22.7 Å². The zero-order valence-electron chi connectivity index (χ0n) is 14.1. The quantitative estimate of drug-likeness (QED) is 0.433. The van der Waals surface area contributed by atoms with Crippen molar-refractivity contribution in [3.05, 3.63) is 23.3 Å². The molecule has 2 aliphatic rings. The maximum Gasteiger partial charge on any atom is 0.0838 e. The number of hydrogen-bond acceptors (Lipinski definition) is 3. The van der Waals surface area contributed by atoms with Crippen LogP contribution >= 0.6 is 0 Å². The van der Waals surface area contributed by atoms with Crippen molar-refractivity contribution < 1.29 is 10.3 Å². The van der Waals surface area contributed by atoms with Gasteiger partial charge in [0.25, 0.3) is 0 Å². The van der Waals surface area contributed by atoms with Crippen LogP contribution in [0.4, 0.5) is 0 Å². The minimum absolute atomic E-state index is 0.000926. The molecule has 0 aliphatic heterocycles. The molecule has 3 nitrogen and oxygen atoms in total. The van der Waals surface area contributed by atoms with E-state index in [1.54, 1.807) is 0 Å². The molecule has 0 fully saturated rings. The van der Waals surface area contributed by atoms with Crippen molar-refractivity contribution in [2.45, 2.75) is 60.5 Å². The summed E-state index contributed by atoms with van der Waals surface area (Å²) in [6.45, 7) is 12.9. The van der Waals surface area contributed by atoms with Gasteiger partial charge in [0.2, 0.25) is 0 Å². The van der Waals surface area contributed by atoms with Crippen LogP contribution in [-0.2, 0) is 0 Å². The number of hydrogen-bond donors (Lipinski definition) is 2. The van der Waals surface area contributed by atoms with Crippen LogP contribution in [-0.4, -0.2) is 22.1 Å². The van der Waals surface area contributed by atoms with Crippen LogP contribution in [0.1, 0.15) is 54.4 Å². The number of aliphatic hydroxyl groups excluding tert-OH is 1. The molecule has 0 saturated carbocycles. The Kier molecular flexibility index (Phi) is 4.09. The molecular weight excluding hydrogens is 262 g/mol. The molecule has 0 bridgehead atoms. The molecule has 0 saturated heterocycles. The summed E-state index contributed by atoms with van der Waals surface area (Å²) < 4.78 is 0. The van der Waals surface area contributed by atoms with E-state index in [1.807, 2.05) is 6.08 Å². The molecule has 2 rings (SSSR count). The number of nitrogens with zero attached hydrogens (tertiary/aromatic N) is 1. The highest BCUT2D eigenvalue weighted by molar-refractivity contribution is 5.98. The molecule has 2 N–H and O–H groups in total. The third-order valence-corrected chi connectivity index (χ3v) is 5.17. The molecule has 118 valence electrons. The fourth-order valence-electron chi connectivity index (χ4n) is 4.53. The molecule has 0 spiro atoms. The molecule has 0 aromatic heterocycles. The molecule has 0 amide bonds. The Morgan fingerprint density at radius 1 is 1.05 bits per heavy atom. The van der Waals surface area contributed by atoms with Crippen molar-refractivity contribution >= 4 is 5.71 Å². The average Bonchev–Trinajstić information content (AvgIpc) is 2.31. The summed E-state index contributed by atoms with van der Waals surface area (Å²) in [6, 6.07) is 0. The van der Waals surface area contributed by atoms with Gasteiger partial charge in [-0.2, -0.15) is 0 Å². The molecule has 0 unspecified atom stereocenters. The third-order valence-electron chi connectivity index (χ3n) is 5.17. The minimum atomic E-state index is -0.422. The Balaban J connectivity index is 2.50. The first-order valence-electron chi connectivity index (χ1n) is 7.83. The van der Waals surface area contributed by atoms with E-state index < -0.39 is 6.10 Å². The monoisotopic (exact) mass is 291 g/mol. The van der Waals surface area contributed by atoms with Gasteiger partial charge in [-0.3, -0.25) is 0 Å². The maximum absolute atomic E-state index is 10.9. The SMILES string of the molecule is CC1=C[C@@H]([C@@H]2/C(=N\O)C=C(C)CC2(C)C)[C@H](O)C(C)(C)C1. The highest BCUT2D eigenvalue weighted by atomic mass is 16.4. The molecular formula is C18H29NO2. The second-order valence-corrected chi connectivity index (χ2v) is 8.36. The lowest BCUT2D eigenvalue weighted by Crippen LogP contribution is -2.49. The molecule has 2 aliphatic carbocycles. The summed E-state index contributed by atoms with van der Waals surface area (Å²) in [6.07, 6.45) is 5.63. The van der Waals surface area contributed by atoms with Crippen LogP contribution in [0.3, 0.4) is 0 Å². The molecule has 0 heterocycles. The van der Waals surface area contributed by atoms with E-state index in [9.17, 15) is 10.3 Å². The van der Waals surface area contributed by atoms with Crippen molar-refractivity contribution in [3.8, 4) is 0 Å². The summed E-state index contributed by atoms with van der Waals surface area (Å²) in [5.74, 6) is 0.0368. The van der Waals surface area contributed by atoms with Gasteiger partial charge in [-0.15, -0.1) is 0 Å². The maximum atomic E-state index is 10.9. The smallest absolute Gasteiger partial charge is 0.0838 e. The minimum Gasteiger partial charge on any atom is -0.411 e. The van der Waals surface area contributed by atoms with E-state index in [2.05, 4.69) is 52.8 Å². The molecule has 3 heteroatoms. The Morgan fingerprint density at radius 3 is 2.19 bits per heavy atom. The van der Waals surface area contributed by atoms with Gasteiger partial charge in [0.05, 0.1) is 11.8 Å². The number of oxime groups is 1. The number of aliphatic hydroxyl groups is 1. The van der Waals surface area contributed by atoms with Gasteiger partial charge in [0, 0.05) is 11.8 Å². The third kappa shape index (κ3) is 2.94. The fourth-order valence-corrected chi connectivity index (χ4v) is 4.53. The van der Waals surface area contributed by atoms with Crippen molar-refractivity contribution in [3.63, 3.8) is 0 Å². The van der Waals surface area contributed by atoms with Gasteiger partial charge in [-0.25, -0.2) is 0 Å². The van der Waals surface area contributed by atoms with Crippen LogP contribution < -0.4 is 0 Å². The Hall–Kier alpha value is -1.09. The predicted octanol–water partition coefficient (Wildman–Crippen LogP) is 4.16. The summed E-state index contributed by atoms with van der Waals surface area (Å²) in [5, 5.41) is 23.9. The van der Waals surface area contributed by atoms with E-state index in [-0.39, 0.29) is 22.7 Å². The second kappa shape index (κ2) is 5.28. The van der Waals surface area contributed by atoms with Crippen LogP contribution in [0.2, 0.25) is 0 Å². The van der Waals surface area contributed by atoms with Gasteiger partial charge in [-0.1, -0.05) is 50.1 Å². The highest BCUT2D eigenvalue weighted by Crippen LogP contribution is 2.49. The summed E-state index contributed by atoms with van der Waals surface area (Å²) in [7, 11) is 0. The van der Waals surface area contributed by atoms with Crippen molar-refractivity contribution in [2.24, 2.45) is 27.8 Å². The van der Waals surface area contributed by atoms with Gasteiger partial charge < -0.3 is 10.3 Å². The van der Waals surface area contributed by atoms with E-state index in [4.69, 9.17) is 0 Å². The average molecular weight is 291 g/mol. The lowest BCUT2D eigenvalue weighted by molar-refractivity contribution is -0.0191. The Labute approximate surface area is 128 Å². The first-order chi connectivity index (χ1) is 9.58. The molecule has 0 radical (unpaired) electrons.